The lowest BCUT2D eigenvalue weighted by atomic mass is 10.1. The van der Waals surface area contributed by atoms with E-state index in [1.54, 1.807) is 42.2 Å². The van der Waals surface area contributed by atoms with Crippen molar-refractivity contribution in [1.82, 2.24) is 19.9 Å². The number of benzene rings is 1. The van der Waals surface area contributed by atoms with Gasteiger partial charge in [0.2, 0.25) is 0 Å². The first-order valence-electron chi connectivity index (χ1n) is 8.38. The number of nitrogens with zero attached hydrogens (tertiary/aromatic N) is 3. The first kappa shape index (κ1) is 17.5. The number of aromatic nitrogens is 3. The number of amides is 1. The van der Waals surface area contributed by atoms with Crippen molar-refractivity contribution < 1.29 is 4.79 Å². The maximum atomic E-state index is 12.9. The van der Waals surface area contributed by atoms with E-state index in [1.165, 1.54) is 0 Å². The van der Waals surface area contributed by atoms with Gasteiger partial charge in [-0.3, -0.25) is 9.59 Å². The molecule has 0 saturated carbocycles. The van der Waals surface area contributed by atoms with Gasteiger partial charge in [0.05, 0.1) is 12.6 Å². The van der Waals surface area contributed by atoms with Crippen molar-refractivity contribution in [2.45, 2.75) is 26.4 Å². The van der Waals surface area contributed by atoms with Gasteiger partial charge in [-0.15, -0.1) is 0 Å². The average molecular weight is 348 g/mol. The Morgan fingerprint density at radius 3 is 2.50 bits per heavy atom. The van der Waals surface area contributed by atoms with Crippen LogP contribution in [0.3, 0.4) is 0 Å². The standard InChI is InChI=1S/C20H20N4O2/c1-14-9-12-24(15(2)16-7-4-3-5-8-16)20(26)18(14)19(25)23-13-17-21-10-6-11-22-17/h3-12,15H,13H2,1-2H3,(H,23,25). The van der Waals surface area contributed by atoms with E-state index in [2.05, 4.69) is 15.3 Å². The number of hydrogen-bond acceptors (Lipinski definition) is 4. The first-order chi connectivity index (χ1) is 12.6. The van der Waals surface area contributed by atoms with Crippen molar-refractivity contribution in [3.05, 3.63) is 93.9 Å². The molecule has 132 valence electrons. The first-order valence-corrected chi connectivity index (χ1v) is 8.38. The van der Waals surface area contributed by atoms with Crippen LogP contribution >= 0.6 is 0 Å². The lowest BCUT2D eigenvalue weighted by molar-refractivity contribution is 0.0947. The minimum atomic E-state index is -0.422. The van der Waals surface area contributed by atoms with E-state index in [0.29, 0.717) is 11.4 Å². The second-order valence-electron chi connectivity index (χ2n) is 6.02. The van der Waals surface area contributed by atoms with Crippen LogP contribution in [0, 0.1) is 6.92 Å². The smallest absolute Gasteiger partial charge is 0.264 e. The normalized spacial score (nSPS) is 11.8. The molecule has 2 heterocycles. The van der Waals surface area contributed by atoms with E-state index in [4.69, 9.17) is 0 Å². The van der Waals surface area contributed by atoms with Crippen LogP contribution in [0.4, 0.5) is 0 Å². The van der Waals surface area contributed by atoms with Crippen molar-refractivity contribution >= 4 is 5.91 Å². The molecule has 0 aliphatic heterocycles. The number of nitrogens with one attached hydrogen (secondary N) is 1. The van der Waals surface area contributed by atoms with Gasteiger partial charge in [0.15, 0.2) is 0 Å². The van der Waals surface area contributed by atoms with Crippen LogP contribution < -0.4 is 10.9 Å². The predicted octanol–water partition coefficient (Wildman–Crippen LogP) is 2.49. The molecule has 1 unspecified atom stereocenters. The Labute approximate surface area is 151 Å². The zero-order valence-electron chi connectivity index (χ0n) is 14.7. The van der Waals surface area contributed by atoms with Gasteiger partial charge in [-0.1, -0.05) is 30.3 Å². The van der Waals surface area contributed by atoms with Crippen molar-refractivity contribution in [2.24, 2.45) is 0 Å². The molecule has 1 aromatic carbocycles. The highest BCUT2D eigenvalue weighted by molar-refractivity contribution is 5.95. The zero-order chi connectivity index (χ0) is 18.5. The van der Waals surface area contributed by atoms with Gasteiger partial charge in [0.1, 0.15) is 11.4 Å². The van der Waals surface area contributed by atoms with Crippen LogP contribution in [0.1, 0.15) is 40.3 Å². The summed E-state index contributed by atoms with van der Waals surface area (Å²) in [5.74, 6) is 0.0713. The Hall–Kier alpha value is -3.28. The average Bonchev–Trinajstić information content (AvgIpc) is 2.67. The van der Waals surface area contributed by atoms with Crippen LogP contribution in [-0.4, -0.2) is 20.4 Å². The summed E-state index contributed by atoms with van der Waals surface area (Å²) in [6.07, 6.45) is 4.94. The Kier molecular flexibility index (Phi) is 5.22. The molecule has 0 radical (unpaired) electrons. The molecule has 6 heteroatoms. The van der Waals surface area contributed by atoms with Crippen LogP contribution in [-0.2, 0) is 6.54 Å². The van der Waals surface area contributed by atoms with Gasteiger partial charge in [0, 0.05) is 18.6 Å². The van der Waals surface area contributed by atoms with Crippen molar-refractivity contribution in [3.8, 4) is 0 Å². The van der Waals surface area contributed by atoms with Crippen LogP contribution in [0.25, 0.3) is 0 Å². The fourth-order valence-electron chi connectivity index (χ4n) is 2.78. The highest BCUT2D eigenvalue weighted by Gasteiger charge is 2.18. The summed E-state index contributed by atoms with van der Waals surface area (Å²) in [5.41, 5.74) is 1.47. The summed E-state index contributed by atoms with van der Waals surface area (Å²) in [7, 11) is 0. The summed E-state index contributed by atoms with van der Waals surface area (Å²) in [6, 6.07) is 13.0. The molecule has 0 spiro atoms. The second-order valence-corrected chi connectivity index (χ2v) is 6.02. The molecular formula is C20H20N4O2. The SMILES string of the molecule is Cc1ccn(C(C)c2ccccc2)c(=O)c1C(=O)NCc1ncccn1. The van der Waals surface area contributed by atoms with Crippen molar-refractivity contribution in [1.29, 1.82) is 0 Å². The number of carbonyl (C=O) groups excluding carboxylic acids is 1. The molecule has 0 saturated heterocycles. The fourth-order valence-corrected chi connectivity index (χ4v) is 2.78. The maximum absolute atomic E-state index is 12.9. The summed E-state index contributed by atoms with van der Waals surface area (Å²) < 4.78 is 1.58. The molecule has 6 nitrogen and oxygen atoms in total. The lowest BCUT2D eigenvalue weighted by Crippen LogP contribution is -2.35. The molecule has 3 rings (SSSR count). The number of carbonyl (C=O) groups is 1. The van der Waals surface area contributed by atoms with Gasteiger partial charge in [0.25, 0.3) is 11.5 Å². The number of rotatable bonds is 5. The number of aryl methyl sites for hydroxylation is 1. The van der Waals surface area contributed by atoms with E-state index in [-0.39, 0.29) is 23.7 Å². The summed E-state index contributed by atoms with van der Waals surface area (Å²) >= 11 is 0. The lowest BCUT2D eigenvalue weighted by Gasteiger charge is -2.17. The molecule has 0 fully saturated rings. The van der Waals surface area contributed by atoms with Gasteiger partial charge in [-0.2, -0.15) is 0 Å². The van der Waals surface area contributed by atoms with Gasteiger partial charge >= 0.3 is 0 Å². The molecule has 0 aliphatic rings. The van der Waals surface area contributed by atoms with Crippen LogP contribution in [0.15, 0.2) is 65.8 Å². The Balaban J connectivity index is 1.88. The molecule has 1 atom stereocenters. The Morgan fingerprint density at radius 1 is 1.12 bits per heavy atom. The number of hydrogen-bond donors (Lipinski definition) is 1. The largest absolute Gasteiger partial charge is 0.345 e. The zero-order valence-corrected chi connectivity index (χ0v) is 14.7. The van der Waals surface area contributed by atoms with Gasteiger partial charge in [-0.25, -0.2) is 9.97 Å². The topological polar surface area (TPSA) is 76.9 Å². The third-order valence-corrected chi connectivity index (χ3v) is 4.28. The highest BCUT2D eigenvalue weighted by atomic mass is 16.2. The van der Waals surface area contributed by atoms with Gasteiger partial charge in [-0.05, 0) is 37.1 Å². The van der Waals surface area contributed by atoms with E-state index in [0.717, 1.165) is 5.56 Å². The van der Waals surface area contributed by atoms with Gasteiger partial charge < -0.3 is 9.88 Å². The molecule has 0 bridgehead atoms. The monoisotopic (exact) mass is 348 g/mol. The van der Waals surface area contributed by atoms with E-state index >= 15 is 0 Å². The predicted molar refractivity (Wildman–Crippen MR) is 98.9 cm³/mol. The minimum absolute atomic E-state index is 0.145. The minimum Gasteiger partial charge on any atom is -0.345 e. The van der Waals surface area contributed by atoms with Crippen molar-refractivity contribution in [3.63, 3.8) is 0 Å². The van der Waals surface area contributed by atoms with E-state index in [9.17, 15) is 9.59 Å². The Morgan fingerprint density at radius 2 is 1.81 bits per heavy atom. The van der Waals surface area contributed by atoms with Crippen LogP contribution in [0.2, 0.25) is 0 Å². The second kappa shape index (κ2) is 7.74. The summed E-state index contributed by atoms with van der Waals surface area (Å²) in [4.78, 5) is 33.7. The molecule has 26 heavy (non-hydrogen) atoms. The third kappa shape index (κ3) is 3.69. The summed E-state index contributed by atoms with van der Waals surface area (Å²) in [6.45, 7) is 3.86. The van der Waals surface area contributed by atoms with E-state index < -0.39 is 5.91 Å². The highest BCUT2D eigenvalue weighted by Crippen LogP contribution is 2.16. The molecule has 1 N–H and O–H groups in total. The molecule has 1 amide bonds. The molecule has 0 aliphatic carbocycles. The summed E-state index contributed by atoms with van der Waals surface area (Å²) in [5, 5.41) is 2.73. The molecule has 3 aromatic rings. The maximum Gasteiger partial charge on any atom is 0.264 e. The number of pyridine rings is 1. The quantitative estimate of drug-likeness (QED) is 0.768. The van der Waals surface area contributed by atoms with Crippen LogP contribution in [0.5, 0.6) is 0 Å². The Bertz CT molecular complexity index is 953. The fraction of sp³-hybridized carbons (Fsp3) is 0.200. The van der Waals surface area contributed by atoms with E-state index in [1.807, 2.05) is 37.3 Å². The molecular weight excluding hydrogens is 328 g/mol. The molecule has 2 aromatic heterocycles. The van der Waals surface area contributed by atoms with Crippen molar-refractivity contribution in [2.75, 3.05) is 0 Å². The third-order valence-electron chi connectivity index (χ3n) is 4.28.